The Bertz CT molecular complexity index is 233. The molecule has 10 heavy (non-hydrogen) atoms. The summed E-state index contributed by atoms with van der Waals surface area (Å²) in [5, 5.41) is 8.63. The normalized spacial score (nSPS) is 9.90. The van der Waals surface area contributed by atoms with Gasteiger partial charge in [0.2, 0.25) is 0 Å². The largest absolute Gasteiger partial charge is 0.385 e. The third-order valence-electron chi connectivity index (χ3n) is 1.33. The van der Waals surface area contributed by atoms with Crippen molar-refractivity contribution in [1.29, 1.82) is 0 Å². The Morgan fingerprint density at radius 2 is 2.20 bits per heavy atom. The van der Waals surface area contributed by atoms with Crippen molar-refractivity contribution in [2.45, 2.75) is 6.92 Å². The van der Waals surface area contributed by atoms with Gasteiger partial charge in [0.05, 0.1) is 0 Å². The number of hydrogen-bond donors (Lipinski definition) is 1. The Kier molecular flexibility index (Phi) is 2.68. The van der Waals surface area contributed by atoms with Crippen molar-refractivity contribution >= 4 is 22.6 Å². The van der Waals surface area contributed by atoms with Gasteiger partial charge in [0.1, 0.15) is 6.61 Å². The van der Waals surface area contributed by atoms with E-state index in [0.717, 1.165) is 12.2 Å². The van der Waals surface area contributed by atoms with E-state index in [2.05, 4.69) is 22.6 Å². The van der Waals surface area contributed by atoms with Gasteiger partial charge in [0.25, 0.3) is 0 Å². The van der Waals surface area contributed by atoms with Gasteiger partial charge in [0, 0.05) is 3.57 Å². The number of rotatable bonds is 1. The Morgan fingerprint density at radius 1 is 1.50 bits per heavy atom. The first-order valence-corrected chi connectivity index (χ1v) is 4.05. The van der Waals surface area contributed by atoms with Crippen molar-refractivity contribution in [3.63, 3.8) is 0 Å². The second-order valence-corrected chi connectivity index (χ2v) is 3.30. The van der Waals surface area contributed by atoms with Crippen LogP contribution in [-0.4, -0.2) is 5.11 Å². The standard InChI is InChI=1S/C8H8IO/c1-6-4-7(5-10)2-3-8(6)9/h2-5,10H,1H3. The van der Waals surface area contributed by atoms with Crippen LogP contribution < -0.4 is 0 Å². The molecule has 1 N–H and O–H groups in total. The highest BCUT2D eigenvalue weighted by molar-refractivity contribution is 14.1. The highest BCUT2D eigenvalue weighted by Gasteiger charge is 1.94. The lowest BCUT2D eigenvalue weighted by atomic mass is 10.1. The average Bonchev–Trinajstić information content (AvgIpc) is 1.95. The Hall–Kier alpha value is -0.0900. The minimum atomic E-state index is 0.859. The van der Waals surface area contributed by atoms with Crippen molar-refractivity contribution in [1.82, 2.24) is 0 Å². The first kappa shape index (κ1) is 8.01. The zero-order chi connectivity index (χ0) is 7.56. The monoisotopic (exact) mass is 247 g/mol. The molecule has 0 unspecified atom stereocenters. The van der Waals surface area contributed by atoms with Crippen LogP contribution >= 0.6 is 22.6 Å². The first-order valence-electron chi connectivity index (χ1n) is 2.97. The maximum absolute atomic E-state index is 8.63. The second-order valence-electron chi connectivity index (χ2n) is 2.14. The lowest BCUT2D eigenvalue weighted by Gasteiger charge is -1.98. The molecule has 1 rings (SSSR count). The van der Waals surface area contributed by atoms with Crippen molar-refractivity contribution < 1.29 is 5.11 Å². The van der Waals surface area contributed by atoms with Gasteiger partial charge in [-0.2, -0.15) is 0 Å². The molecule has 0 saturated heterocycles. The van der Waals surface area contributed by atoms with Crippen LogP contribution in [0.15, 0.2) is 18.2 Å². The molecule has 1 aromatic carbocycles. The summed E-state index contributed by atoms with van der Waals surface area (Å²) in [4.78, 5) is 0. The Balaban J connectivity index is 3.04. The summed E-state index contributed by atoms with van der Waals surface area (Å²) in [5.41, 5.74) is 2.06. The van der Waals surface area contributed by atoms with Crippen molar-refractivity contribution in [2.75, 3.05) is 0 Å². The van der Waals surface area contributed by atoms with Crippen LogP contribution in [0.25, 0.3) is 0 Å². The van der Waals surface area contributed by atoms with E-state index in [1.807, 2.05) is 25.1 Å². The van der Waals surface area contributed by atoms with Crippen molar-refractivity contribution in [3.05, 3.63) is 39.5 Å². The maximum Gasteiger partial charge on any atom is 0.109 e. The zero-order valence-corrected chi connectivity index (χ0v) is 7.79. The molecule has 0 spiro atoms. The Morgan fingerprint density at radius 3 is 2.70 bits per heavy atom. The number of hydrogen-bond acceptors (Lipinski definition) is 1. The first-order chi connectivity index (χ1) is 4.74. The fourth-order valence-electron chi connectivity index (χ4n) is 0.748. The molecule has 0 amide bonds. The summed E-state index contributed by atoms with van der Waals surface area (Å²) in [5.74, 6) is 0. The molecular weight excluding hydrogens is 239 g/mol. The molecule has 53 valence electrons. The van der Waals surface area contributed by atoms with Crippen LogP contribution in [-0.2, 0) is 0 Å². The minimum absolute atomic E-state index is 0.859. The molecule has 2 heteroatoms. The van der Waals surface area contributed by atoms with Crippen LogP contribution in [0, 0.1) is 17.1 Å². The fourth-order valence-corrected chi connectivity index (χ4v) is 1.08. The molecule has 0 aliphatic carbocycles. The lowest BCUT2D eigenvalue weighted by Crippen LogP contribution is -1.84. The van der Waals surface area contributed by atoms with E-state index >= 15 is 0 Å². The molecule has 1 nitrogen and oxygen atoms in total. The van der Waals surface area contributed by atoms with Gasteiger partial charge in [-0.25, -0.2) is 0 Å². The van der Waals surface area contributed by atoms with E-state index < -0.39 is 0 Å². The molecule has 0 saturated carbocycles. The van der Waals surface area contributed by atoms with Gasteiger partial charge in [-0.05, 0) is 46.7 Å². The number of benzene rings is 1. The van der Waals surface area contributed by atoms with Crippen molar-refractivity contribution in [2.24, 2.45) is 0 Å². The highest BCUT2D eigenvalue weighted by Crippen LogP contribution is 2.13. The van der Waals surface area contributed by atoms with Crippen LogP contribution in [0.2, 0.25) is 0 Å². The predicted octanol–water partition coefficient (Wildman–Crippen LogP) is 2.48. The van der Waals surface area contributed by atoms with Crippen molar-refractivity contribution in [3.8, 4) is 0 Å². The topological polar surface area (TPSA) is 20.2 Å². The lowest BCUT2D eigenvalue weighted by molar-refractivity contribution is 0.415. The van der Waals surface area contributed by atoms with E-state index in [0.29, 0.717) is 0 Å². The molecule has 0 aromatic heterocycles. The van der Waals surface area contributed by atoms with Gasteiger partial charge in [-0.15, -0.1) is 0 Å². The number of aliphatic hydroxyl groups excluding tert-OH is 1. The fraction of sp³-hybridized carbons (Fsp3) is 0.125. The summed E-state index contributed by atoms with van der Waals surface area (Å²) in [7, 11) is 0. The number of halogens is 1. The van der Waals surface area contributed by atoms with E-state index in [9.17, 15) is 0 Å². The van der Waals surface area contributed by atoms with Crippen LogP contribution in [0.1, 0.15) is 11.1 Å². The molecule has 0 fully saturated rings. The van der Waals surface area contributed by atoms with E-state index in [4.69, 9.17) is 5.11 Å². The SMILES string of the molecule is Cc1cc([CH]O)ccc1I. The summed E-state index contributed by atoms with van der Waals surface area (Å²) in [6.07, 6.45) is 0. The van der Waals surface area contributed by atoms with Crippen LogP contribution in [0.5, 0.6) is 0 Å². The molecule has 0 heterocycles. The molecule has 0 aliphatic heterocycles. The van der Waals surface area contributed by atoms with Gasteiger partial charge >= 0.3 is 0 Å². The predicted molar refractivity (Wildman–Crippen MR) is 49.2 cm³/mol. The van der Waals surface area contributed by atoms with Crippen LogP contribution in [0.3, 0.4) is 0 Å². The molecule has 0 bridgehead atoms. The van der Waals surface area contributed by atoms with Crippen LogP contribution in [0.4, 0.5) is 0 Å². The maximum atomic E-state index is 8.63. The summed E-state index contributed by atoms with van der Waals surface area (Å²) >= 11 is 2.26. The molecule has 1 aromatic rings. The third kappa shape index (κ3) is 1.70. The quantitative estimate of drug-likeness (QED) is 0.756. The molecule has 0 aliphatic rings. The zero-order valence-electron chi connectivity index (χ0n) is 5.63. The molecule has 1 radical (unpaired) electrons. The summed E-state index contributed by atoms with van der Waals surface area (Å²) in [6.45, 7) is 3.14. The summed E-state index contributed by atoms with van der Waals surface area (Å²) in [6, 6.07) is 5.81. The second kappa shape index (κ2) is 3.34. The number of aryl methyl sites for hydroxylation is 1. The smallest absolute Gasteiger partial charge is 0.109 e. The molecular formula is C8H8IO. The minimum Gasteiger partial charge on any atom is -0.385 e. The highest BCUT2D eigenvalue weighted by atomic mass is 127. The number of aliphatic hydroxyl groups is 1. The van der Waals surface area contributed by atoms with E-state index in [1.165, 1.54) is 9.13 Å². The van der Waals surface area contributed by atoms with Gasteiger partial charge < -0.3 is 5.11 Å². The summed E-state index contributed by atoms with van der Waals surface area (Å²) < 4.78 is 1.23. The van der Waals surface area contributed by atoms with E-state index in [1.54, 1.807) is 0 Å². The Labute approximate surface area is 74.2 Å². The molecule has 0 atom stereocenters. The van der Waals surface area contributed by atoms with E-state index in [-0.39, 0.29) is 0 Å². The third-order valence-corrected chi connectivity index (χ3v) is 2.54. The van der Waals surface area contributed by atoms with Gasteiger partial charge in [0.15, 0.2) is 0 Å². The van der Waals surface area contributed by atoms with Gasteiger partial charge in [-0.1, -0.05) is 12.1 Å². The van der Waals surface area contributed by atoms with Gasteiger partial charge in [-0.3, -0.25) is 0 Å². The average molecular weight is 247 g/mol.